The van der Waals surface area contributed by atoms with Crippen molar-refractivity contribution >= 4 is 5.91 Å². The van der Waals surface area contributed by atoms with E-state index in [9.17, 15) is 9.18 Å². The molecule has 2 nitrogen and oxygen atoms in total. The minimum atomic E-state index is -0.191. The molecule has 3 rings (SSSR count). The Morgan fingerprint density at radius 1 is 1.18 bits per heavy atom. The Bertz CT molecular complexity index is 428. The standard InChI is InChI=1S/C14H16FNO/c15-11-6-4-10(5-7-11)12-8-9-16-13(12)2-1-3-14(16)17/h4-7,12-13H,1-3,8-9H2. The SMILES string of the molecule is O=C1CCCC2C(c3ccc(F)cc3)CCN12. The van der Waals surface area contributed by atoms with Crippen LogP contribution in [0.25, 0.3) is 0 Å². The van der Waals surface area contributed by atoms with Gasteiger partial charge in [0.25, 0.3) is 0 Å². The Labute approximate surface area is 100 Å². The predicted molar refractivity (Wildman–Crippen MR) is 63.1 cm³/mol. The first-order valence-electron chi connectivity index (χ1n) is 6.30. The van der Waals surface area contributed by atoms with Crippen LogP contribution in [0.15, 0.2) is 24.3 Å². The van der Waals surface area contributed by atoms with Gasteiger partial charge in [-0.25, -0.2) is 4.39 Å². The fourth-order valence-electron chi connectivity index (χ4n) is 3.23. The summed E-state index contributed by atoms with van der Waals surface area (Å²) in [5.74, 6) is 0.508. The Kier molecular flexibility index (Phi) is 2.61. The van der Waals surface area contributed by atoms with Crippen molar-refractivity contribution in [3.63, 3.8) is 0 Å². The van der Waals surface area contributed by atoms with Crippen LogP contribution in [0.2, 0.25) is 0 Å². The van der Waals surface area contributed by atoms with E-state index >= 15 is 0 Å². The molecule has 0 N–H and O–H groups in total. The van der Waals surface area contributed by atoms with E-state index in [-0.39, 0.29) is 5.82 Å². The van der Waals surface area contributed by atoms with E-state index in [2.05, 4.69) is 0 Å². The van der Waals surface area contributed by atoms with Gasteiger partial charge in [-0.15, -0.1) is 0 Å². The topological polar surface area (TPSA) is 20.3 Å². The lowest BCUT2D eigenvalue weighted by Gasteiger charge is -2.32. The normalized spacial score (nSPS) is 28.3. The second kappa shape index (κ2) is 4.13. The van der Waals surface area contributed by atoms with Crippen molar-refractivity contribution in [1.29, 1.82) is 0 Å². The third-order valence-corrected chi connectivity index (χ3v) is 4.05. The van der Waals surface area contributed by atoms with Gasteiger partial charge < -0.3 is 4.90 Å². The summed E-state index contributed by atoms with van der Waals surface area (Å²) in [6.07, 6.45) is 3.81. The number of carbonyl (C=O) groups excluding carboxylic acids is 1. The molecule has 1 aromatic carbocycles. The van der Waals surface area contributed by atoms with Crippen molar-refractivity contribution in [3.05, 3.63) is 35.6 Å². The summed E-state index contributed by atoms with van der Waals surface area (Å²) in [5, 5.41) is 0. The second-order valence-electron chi connectivity index (χ2n) is 4.99. The maximum Gasteiger partial charge on any atom is 0.222 e. The number of hydrogen-bond acceptors (Lipinski definition) is 1. The molecule has 1 aromatic rings. The molecule has 0 spiro atoms. The molecular weight excluding hydrogens is 217 g/mol. The Morgan fingerprint density at radius 3 is 2.71 bits per heavy atom. The Balaban J connectivity index is 1.85. The quantitative estimate of drug-likeness (QED) is 0.730. The maximum atomic E-state index is 12.9. The molecule has 3 heteroatoms. The molecule has 0 radical (unpaired) electrons. The fourth-order valence-corrected chi connectivity index (χ4v) is 3.23. The van der Waals surface area contributed by atoms with Crippen LogP contribution in [0, 0.1) is 5.82 Å². The van der Waals surface area contributed by atoms with Crippen molar-refractivity contribution in [2.24, 2.45) is 0 Å². The zero-order chi connectivity index (χ0) is 11.8. The van der Waals surface area contributed by atoms with Crippen molar-refractivity contribution in [2.45, 2.75) is 37.6 Å². The number of carbonyl (C=O) groups is 1. The number of benzene rings is 1. The van der Waals surface area contributed by atoms with Gasteiger partial charge in [0.1, 0.15) is 5.82 Å². The van der Waals surface area contributed by atoms with Crippen molar-refractivity contribution in [3.8, 4) is 0 Å². The molecule has 0 saturated carbocycles. The van der Waals surface area contributed by atoms with E-state index in [1.807, 2.05) is 17.0 Å². The van der Waals surface area contributed by atoms with Crippen LogP contribution in [0.3, 0.4) is 0 Å². The highest BCUT2D eigenvalue weighted by molar-refractivity contribution is 5.77. The van der Waals surface area contributed by atoms with E-state index in [0.29, 0.717) is 24.3 Å². The third kappa shape index (κ3) is 1.84. The number of nitrogens with zero attached hydrogens (tertiary/aromatic N) is 1. The molecule has 2 aliphatic rings. The molecule has 2 aliphatic heterocycles. The number of fused-ring (bicyclic) bond motifs is 1. The number of piperidine rings is 1. The smallest absolute Gasteiger partial charge is 0.222 e. The molecule has 2 heterocycles. The average Bonchev–Trinajstić information content (AvgIpc) is 2.75. The van der Waals surface area contributed by atoms with E-state index in [1.165, 1.54) is 17.7 Å². The van der Waals surface area contributed by atoms with Crippen LogP contribution < -0.4 is 0 Å². The molecule has 2 fully saturated rings. The first kappa shape index (κ1) is 10.8. The van der Waals surface area contributed by atoms with Crippen LogP contribution in [0.5, 0.6) is 0 Å². The van der Waals surface area contributed by atoms with E-state index in [1.54, 1.807) is 0 Å². The van der Waals surface area contributed by atoms with Gasteiger partial charge in [-0.1, -0.05) is 12.1 Å². The highest BCUT2D eigenvalue weighted by Crippen LogP contribution is 2.38. The van der Waals surface area contributed by atoms with Gasteiger partial charge in [-0.05, 0) is 37.0 Å². The molecule has 2 saturated heterocycles. The van der Waals surface area contributed by atoms with Crippen molar-refractivity contribution in [2.75, 3.05) is 6.54 Å². The predicted octanol–water partition coefficient (Wildman–Crippen LogP) is 2.69. The minimum Gasteiger partial charge on any atom is -0.339 e. The second-order valence-corrected chi connectivity index (χ2v) is 4.99. The van der Waals surface area contributed by atoms with Gasteiger partial charge in [0.2, 0.25) is 5.91 Å². The summed E-state index contributed by atoms with van der Waals surface area (Å²) in [7, 11) is 0. The van der Waals surface area contributed by atoms with Gasteiger partial charge in [0.15, 0.2) is 0 Å². The minimum absolute atomic E-state index is 0.191. The van der Waals surface area contributed by atoms with Gasteiger partial charge in [-0.3, -0.25) is 4.79 Å². The molecule has 0 aliphatic carbocycles. The summed E-state index contributed by atoms with van der Waals surface area (Å²) in [6.45, 7) is 0.867. The van der Waals surface area contributed by atoms with Crippen molar-refractivity contribution in [1.82, 2.24) is 4.90 Å². The van der Waals surface area contributed by atoms with Crippen LogP contribution in [0.1, 0.15) is 37.2 Å². The summed E-state index contributed by atoms with van der Waals surface area (Å²) < 4.78 is 12.9. The summed E-state index contributed by atoms with van der Waals surface area (Å²) in [5.41, 5.74) is 1.17. The third-order valence-electron chi connectivity index (χ3n) is 4.05. The van der Waals surface area contributed by atoms with Gasteiger partial charge in [0.05, 0.1) is 0 Å². The lowest BCUT2D eigenvalue weighted by molar-refractivity contribution is -0.134. The largest absolute Gasteiger partial charge is 0.339 e. The molecule has 90 valence electrons. The van der Waals surface area contributed by atoms with E-state index < -0.39 is 0 Å². The summed E-state index contributed by atoms with van der Waals surface area (Å²) in [4.78, 5) is 13.8. The monoisotopic (exact) mass is 233 g/mol. The number of hydrogen-bond donors (Lipinski definition) is 0. The Morgan fingerprint density at radius 2 is 1.94 bits per heavy atom. The molecule has 0 aromatic heterocycles. The van der Waals surface area contributed by atoms with Crippen LogP contribution in [-0.4, -0.2) is 23.4 Å². The van der Waals surface area contributed by atoms with E-state index in [0.717, 1.165) is 25.8 Å². The van der Waals surface area contributed by atoms with Crippen LogP contribution in [0.4, 0.5) is 4.39 Å². The van der Waals surface area contributed by atoms with Gasteiger partial charge >= 0.3 is 0 Å². The maximum absolute atomic E-state index is 12.9. The van der Waals surface area contributed by atoms with Crippen molar-refractivity contribution < 1.29 is 9.18 Å². The average molecular weight is 233 g/mol. The summed E-state index contributed by atoms with van der Waals surface area (Å²) >= 11 is 0. The van der Waals surface area contributed by atoms with Gasteiger partial charge in [0, 0.05) is 24.9 Å². The lowest BCUT2D eigenvalue weighted by atomic mass is 9.87. The fraction of sp³-hybridized carbons (Fsp3) is 0.500. The molecular formula is C14H16FNO. The molecule has 1 amide bonds. The molecule has 2 unspecified atom stereocenters. The molecule has 17 heavy (non-hydrogen) atoms. The zero-order valence-electron chi connectivity index (χ0n) is 9.73. The Hall–Kier alpha value is -1.38. The highest BCUT2D eigenvalue weighted by Gasteiger charge is 2.39. The molecule has 0 bridgehead atoms. The first-order valence-corrected chi connectivity index (χ1v) is 6.30. The summed E-state index contributed by atoms with van der Waals surface area (Å²) in [6, 6.07) is 7.11. The van der Waals surface area contributed by atoms with Gasteiger partial charge in [-0.2, -0.15) is 0 Å². The highest BCUT2D eigenvalue weighted by atomic mass is 19.1. The first-order chi connectivity index (χ1) is 8.25. The molecule has 2 atom stereocenters. The lowest BCUT2D eigenvalue weighted by Crippen LogP contribution is -2.40. The van der Waals surface area contributed by atoms with E-state index in [4.69, 9.17) is 0 Å². The number of rotatable bonds is 1. The zero-order valence-corrected chi connectivity index (χ0v) is 9.73. The van der Waals surface area contributed by atoms with Crippen LogP contribution in [-0.2, 0) is 4.79 Å². The number of halogens is 1. The van der Waals surface area contributed by atoms with Crippen LogP contribution >= 0.6 is 0 Å². The number of amides is 1.